The first-order chi connectivity index (χ1) is 12.7. The molecule has 6 nitrogen and oxygen atoms in total. The molecular weight excluding hydrogens is 393 g/mol. The highest BCUT2D eigenvalue weighted by Crippen LogP contribution is 2.40. The van der Waals surface area contributed by atoms with Crippen molar-refractivity contribution in [3.63, 3.8) is 0 Å². The van der Waals surface area contributed by atoms with Crippen LogP contribution in [0.25, 0.3) is 20.8 Å². The molecule has 3 aromatic heterocycles. The average Bonchev–Trinajstić information content (AvgIpc) is 3.07. The molecule has 0 radical (unpaired) electrons. The first-order valence-corrected chi connectivity index (χ1v) is 9.11. The first kappa shape index (κ1) is 17.1. The number of hydrogen-bond acceptors (Lipinski definition) is 7. The molecule has 0 aliphatic rings. The van der Waals surface area contributed by atoms with Gasteiger partial charge in [0.25, 0.3) is 0 Å². The molecular formula is C17H11Cl2N5OS. The van der Waals surface area contributed by atoms with E-state index in [1.54, 1.807) is 30.6 Å². The Hall–Kier alpha value is -2.32. The summed E-state index contributed by atoms with van der Waals surface area (Å²) in [6.07, 6.45) is 4.71. The van der Waals surface area contributed by atoms with E-state index in [0.29, 0.717) is 37.9 Å². The second-order valence-electron chi connectivity index (χ2n) is 5.30. The molecule has 0 fully saturated rings. The summed E-state index contributed by atoms with van der Waals surface area (Å²) >= 11 is 14.0. The summed E-state index contributed by atoms with van der Waals surface area (Å²) in [7, 11) is 0. The van der Waals surface area contributed by atoms with Crippen LogP contribution in [0.5, 0.6) is 0 Å². The number of aliphatic hydroxyl groups excluding tert-OH is 1. The number of anilines is 2. The zero-order valence-electron chi connectivity index (χ0n) is 13.1. The molecule has 0 saturated heterocycles. The molecule has 0 unspecified atom stereocenters. The van der Waals surface area contributed by atoms with Gasteiger partial charge >= 0.3 is 0 Å². The summed E-state index contributed by atoms with van der Waals surface area (Å²) in [5.74, 6) is 1.13. The zero-order valence-corrected chi connectivity index (χ0v) is 15.5. The Morgan fingerprint density at radius 3 is 2.54 bits per heavy atom. The predicted molar refractivity (Wildman–Crippen MR) is 104 cm³/mol. The second kappa shape index (κ2) is 7.13. The van der Waals surface area contributed by atoms with Crippen molar-refractivity contribution in [2.45, 2.75) is 6.61 Å². The fourth-order valence-electron chi connectivity index (χ4n) is 2.38. The van der Waals surface area contributed by atoms with Crippen LogP contribution in [-0.4, -0.2) is 25.0 Å². The van der Waals surface area contributed by atoms with Crippen LogP contribution in [0, 0.1) is 0 Å². The lowest BCUT2D eigenvalue weighted by molar-refractivity contribution is 0.276. The number of thiazole rings is 1. The van der Waals surface area contributed by atoms with Gasteiger partial charge in [-0.3, -0.25) is 4.98 Å². The smallest absolute Gasteiger partial charge is 0.151 e. The third-order valence-electron chi connectivity index (χ3n) is 3.59. The Kier molecular flexibility index (Phi) is 4.69. The highest BCUT2D eigenvalue weighted by atomic mass is 35.5. The summed E-state index contributed by atoms with van der Waals surface area (Å²) < 4.78 is 0.853. The van der Waals surface area contributed by atoms with Crippen molar-refractivity contribution in [1.29, 1.82) is 0 Å². The molecule has 0 saturated carbocycles. The predicted octanol–water partition coefficient (Wildman–Crippen LogP) is 4.69. The molecule has 4 rings (SSSR count). The first-order valence-electron chi connectivity index (χ1n) is 7.54. The molecule has 0 aliphatic carbocycles. The van der Waals surface area contributed by atoms with Gasteiger partial charge in [-0.2, -0.15) is 0 Å². The van der Waals surface area contributed by atoms with Crippen molar-refractivity contribution < 1.29 is 5.11 Å². The van der Waals surface area contributed by atoms with E-state index in [4.69, 9.17) is 28.3 Å². The van der Waals surface area contributed by atoms with E-state index in [9.17, 15) is 0 Å². The van der Waals surface area contributed by atoms with Crippen LogP contribution in [0.2, 0.25) is 10.0 Å². The third-order valence-corrected chi connectivity index (χ3v) is 5.32. The van der Waals surface area contributed by atoms with Crippen LogP contribution < -0.4 is 5.32 Å². The molecule has 0 bridgehead atoms. The number of hydrogen-bond donors (Lipinski definition) is 2. The fourth-order valence-corrected chi connectivity index (χ4v) is 4.14. The summed E-state index contributed by atoms with van der Waals surface area (Å²) in [5, 5.41) is 14.0. The van der Waals surface area contributed by atoms with Gasteiger partial charge in [-0.15, -0.1) is 11.3 Å². The molecule has 130 valence electrons. The van der Waals surface area contributed by atoms with E-state index in [1.165, 1.54) is 17.5 Å². The second-order valence-corrected chi connectivity index (χ2v) is 7.11. The molecule has 0 aliphatic heterocycles. The Bertz CT molecular complexity index is 1060. The zero-order chi connectivity index (χ0) is 18.1. The van der Waals surface area contributed by atoms with Crippen LogP contribution in [0.3, 0.4) is 0 Å². The van der Waals surface area contributed by atoms with Gasteiger partial charge in [0.2, 0.25) is 0 Å². The normalized spacial score (nSPS) is 11.0. The van der Waals surface area contributed by atoms with Crippen LogP contribution >= 0.6 is 34.5 Å². The molecule has 0 atom stereocenters. The minimum atomic E-state index is -0.155. The lowest BCUT2D eigenvalue weighted by Gasteiger charge is -2.05. The quantitative estimate of drug-likeness (QED) is 0.513. The molecule has 0 spiro atoms. The van der Waals surface area contributed by atoms with Gasteiger partial charge in [-0.05, 0) is 18.2 Å². The van der Waals surface area contributed by atoms with Crippen molar-refractivity contribution >= 4 is 56.4 Å². The number of fused-ring (bicyclic) bond motifs is 1. The topological polar surface area (TPSA) is 83.8 Å². The number of nitrogens with one attached hydrogen (secondary N) is 1. The SMILES string of the molecule is OCc1cnc(Nc2nccc3nc(-c4c(Cl)cccc4Cl)sc23)cn1. The number of pyridine rings is 1. The number of aliphatic hydroxyl groups is 1. The highest BCUT2D eigenvalue weighted by molar-refractivity contribution is 7.22. The maximum Gasteiger partial charge on any atom is 0.151 e. The lowest BCUT2D eigenvalue weighted by Crippen LogP contribution is -1.98. The maximum absolute atomic E-state index is 9.05. The molecule has 26 heavy (non-hydrogen) atoms. The van der Waals surface area contributed by atoms with E-state index in [-0.39, 0.29) is 6.61 Å². The number of benzene rings is 1. The number of nitrogens with zero attached hydrogens (tertiary/aromatic N) is 4. The molecule has 2 N–H and O–H groups in total. The van der Waals surface area contributed by atoms with E-state index in [0.717, 1.165) is 10.2 Å². The average molecular weight is 404 g/mol. The number of halogens is 2. The van der Waals surface area contributed by atoms with Crippen molar-refractivity contribution in [2.75, 3.05) is 5.32 Å². The molecule has 4 aromatic rings. The fraction of sp³-hybridized carbons (Fsp3) is 0.0588. The maximum atomic E-state index is 9.05. The van der Waals surface area contributed by atoms with E-state index in [2.05, 4.69) is 25.3 Å². The minimum Gasteiger partial charge on any atom is -0.390 e. The summed E-state index contributed by atoms with van der Waals surface area (Å²) in [5.41, 5.74) is 1.98. The standard InChI is InChI=1S/C17H11Cl2N5OS/c18-10-2-1-3-11(19)14(10)17-23-12-4-5-20-16(15(12)26-17)24-13-7-21-9(8-25)6-22-13/h1-7,25H,8H2,(H,20,22,24). The van der Waals surface area contributed by atoms with Crippen LogP contribution in [0.4, 0.5) is 11.6 Å². The van der Waals surface area contributed by atoms with Gasteiger partial charge in [-0.1, -0.05) is 29.3 Å². The van der Waals surface area contributed by atoms with Gasteiger partial charge in [0.05, 0.1) is 45.0 Å². The Labute approximate surface area is 162 Å². The summed E-state index contributed by atoms with van der Waals surface area (Å²) in [4.78, 5) is 17.3. The van der Waals surface area contributed by atoms with Crippen molar-refractivity contribution in [3.8, 4) is 10.6 Å². The summed E-state index contributed by atoms with van der Waals surface area (Å²) in [6, 6.07) is 7.19. The van der Waals surface area contributed by atoms with Crippen molar-refractivity contribution in [3.05, 3.63) is 58.6 Å². The van der Waals surface area contributed by atoms with Gasteiger partial charge in [0.1, 0.15) is 10.8 Å². The molecule has 1 aromatic carbocycles. The Balaban J connectivity index is 1.76. The van der Waals surface area contributed by atoms with Gasteiger partial charge in [0, 0.05) is 11.8 Å². The van der Waals surface area contributed by atoms with Crippen LogP contribution in [0.15, 0.2) is 42.9 Å². The number of aromatic nitrogens is 4. The van der Waals surface area contributed by atoms with Crippen molar-refractivity contribution in [2.24, 2.45) is 0 Å². The van der Waals surface area contributed by atoms with Gasteiger partial charge in [-0.25, -0.2) is 15.0 Å². The highest BCUT2D eigenvalue weighted by Gasteiger charge is 2.16. The van der Waals surface area contributed by atoms with Gasteiger partial charge < -0.3 is 10.4 Å². The minimum absolute atomic E-state index is 0.155. The molecule has 9 heteroatoms. The molecule has 3 heterocycles. The van der Waals surface area contributed by atoms with Crippen LogP contribution in [0.1, 0.15) is 5.69 Å². The third kappa shape index (κ3) is 3.22. The van der Waals surface area contributed by atoms with Crippen molar-refractivity contribution in [1.82, 2.24) is 19.9 Å². The molecule has 0 amide bonds. The van der Waals surface area contributed by atoms with E-state index in [1.807, 2.05) is 6.07 Å². The van der Waals surface area contributed by atoms with E-state index < -0.39 is 0 Å². The van der Waals surface area contributed by atoms with E-state index >= 15 is 0 Å². The van der Waals surface area contributed by atoms with Crippen LogP contribution in [-0.2, 0) is 6.61 Å². The largest absolute Gasteiger partial charge is 0.390 e. The Morgan fingerprint density at radius 1 is 1.04 bits per heavy atom. The monoisotopic (exact) mass is 403 g/mol. The lowest BCUT2D eigenvalue weighted by atomic mass is 10.2. The summed E-state index contributed by atoms with van der Waals surface area (Å²) in [6.45, 7) is -0.155. The number of rotatable bonds is 4. The Morgan fingerprint density at radius 2 is 1.85 bits per heavy atom. The van der Waals surface area contributed by atoms with Gasteiger partial charge in [0.15, 0.2) is 5.82 Å².